The summed E-state index contributed by atoms with van der Waals surface area (Å²) in [5, 5.41) is 8.16. The first-order valence-electron chi connectivity index (χ1n) is 6.80. The predicted octanol–water partition coefficient (Wildman–Crippen LogP) is 0.157. The number of carboxylic acids is 1. The van der Waals surface area contributed by atoms with Gasteiger partial charge in [-0.15, -0.1) is 0 Å². The maximum absolute atomic E-state index is 12.5. The van der Waals surface area contributed by atoms with E-state index in [9.17, 15) is 18.0 Å². The summed E-state index contributed by atoms with van der Waals surface area (Å²) in [6, 6.07) is 0. The molecule has 8 heteroatoms. The first-order valence-corrected chi connectivity index (χ1v) is 8.31. The van der Waals surface area contributed by atoms with Crippen molar-refractivity contribution in [3.63, 3.8) is 0 Å². The van der Waals surface area contributed by atoms with Gasteiger partial charge in [0.15, 0.2) is 0 Å². The number of hydrogen-bond acceptors (Lipinski definition) is 4. The molecule has 116 valence electrons. The average Bonchev–Trinajstić information content (AvgIpc) is 2.83. The maximum atomic E-state index is 12.5. The standard InChI is InChI=1S/C12H22N2O5S/c1-2-3-7-14(8-11(13)15)20(18,19)10-6-4-5-9(10)12(16)17/h9-10H,2-8H2,1H3,(H2,13,15)(H,16,17). The van der Waals surface area contributed by atoms with Crippen molar-refractivity contribution in [1.29, 1.82) is 0 Å². The van der Waals surface area contributed by atoms with E-state index >= 15 is 0 Å². The van der Waals surface area contributed by atoms with Crippen LogP contribution < -0.4 is 5.73 Å². The smallest absolute Gasteiger partial charge is 0.307 e. The second-order valence-corrected chi connectivity index (χ2v) is 7.26. The topological polar surface area (TPSA) is 118 Å². The van der Waals surface area contributed by atoms with Gasteiger partial charge in [-0.3, -0.25) is 9.59 Å². The number of aliphatic carboxylic acids is 1. The zero-order valence-electron chi connectivity index (χ0n) is 11.6. The van der Waals surface area contributed by atoms with E-state index in [2.05, 4.69) is 0 Å². The van der Waals surface area contributed by atoms with Crippen molar-refractivity contribution in [2.75, 3.05) is 13.1 Å². The number of carboxylic acid groups (broad SMARTS) is 1. The van der Waals surface area contributed by atoms with Gasteiger partial charge in [0.25, 0.3) is 0 Å². The van der Waals surface area contributed by atoms with E-state index in [0.717, 1.165) is 10.7 Å². The molecule has 0 bridgehead atoms. The van der Waals surface area contributed by atoms with E-state index in [1.54, 1.807) is 0 Å². The summed E-state index contributed by atoms with van der Waals surface area (Å²) in [4.78, 5) is 22.2. The molecule has 1 amide bonds. The van der Waals surface area contributed by atoms with Crippen LogP contribution in [0.25, 0.3) is 0 Å². The molecule has 2 atom stereocenters. The van der Waals surface area contributed by atoms with Gasteiger partial charge in [0.05, 0.1) is 17.7 Å². The number of sulfonamides is 1. The zero-order chi connectivity index (χ0) is 15.3. The fourth-order valence-corrected chi connectivity index (χ4v) is 4.77. The van der Waals surface area contributed by atoms with Crippen LogP contribution in [0, 0.1) is 5.92 Å². The van der Waals surface area contributed by atoms with E-state index in [-0.39, 0.29) is 13.1 Å². The lowest BCUT2D eigenvalue weighted by molar-refractivity contribution is -0.141. The van der Waals surface area contributed by atoms with Crippen LogP contribution in [0.4, 0.5) is 0 Å². The predicted molar refractivity (Wildman–Crippen MR) is 73.4 cm³/mol. The second kappa shape index (κ2) is 7.03. The van der Waals surface area contributed by atoms with Crippen LogP contribution in [0.2, 0.25) is 0 Å². The minimum Gasteiger partial charge on any atom is -0.481 e. The lowest BCUT2D eigenvalue weighted by atomic mass is 10.1. The summed E-state index contributed by atoms with van der Waals surface area (Å²) in [5.74, 6) is -2.71. The molecule has 2 unspecified atom stereocenters. The quantitative estimate of drug-likeness (QED) is 0.662. The number of nitrogens with zero attached hydrogens (tertiary/aromatic N) is 1. The van der Waals surface area contributed by atoms with Gasteiger partial charge in [-0.1, -0.05) is 19.8 Å². The Morgan fingerprint density at radius 2 is 2.00 bits per heavy atom. The first-order chi connectivity index (χ1) is 9.30. The monoisotopic (exact) mass is 306 g/mol. The lowest BCUT2D eigenvalue weighted by Crippen LogP contribution is -2.46. The Morgan fingerprint density at radius 1 is 1.35 bits per heavy atom. The van der Waals surface area contributed by atoms with E-state index in [0.29, 0.717) is 25.7 Å². The van der Waals surface area contributed by atoms with Crippen LogP contribution in [-0.2, 0) is 19.6 Å². The van der Waals surface area contributed by atoms with Gasteiger partial charge < -0.3 is 10.8 Å². The van der Waals surface area contributed by atoms with Crippen molar-refractivity contribution < 1.29 is 23.1 Å². The highest BCUT2D eigenvalue weighted by atomic mass is 32.2. The highest BCUT2D eigenvalue weighted by molar-refractivity contribution is 7.89. The molecule has 1 saturated carbocycles. The van der Waals surface area contributed by atoms with Crippen molar-refractivity contribution in [1.82, 2.24) is 4.31 Å². The number of rotatable bonds is 8. The number of carbonyl (C=O) groups excluding carboxylic acids is 1. The molecular formula is C12H22N2O5S. The fraction of sp³-hybridized carbons (Fsp3) is 0.833. The molecule has 7 nitrogen and oxygen atoms in total. The molecule has 0 aromatic heterocycles. The zero-order valence-corrected chi connectivity index (χ0v) is 12.4. The molecule has 0 heterocycles. The molecule has 0 spiro atoms. The largest absolute Gasteiger partial charge is 0.481 e. The molecule has 1 aliphatic rings. The van der Waals surface area contributed by atoms with Gasteiger partial charge in [-0.2, -0.15) is 4.31 Å². The molecule has 20 heavy (non-hydrogen) atoms. The van der Waals surface area contributed by atoms with Crippen LogP contribution in [0.3, 0.4) is 0 Å². The molecule has 0 aromatic carbocycles. The van der Waals surface area contributed by atoms with Gasteiger partial charge >= 0.3 is 5.97 Å². The summed E-state index contributed by atoms with van der Waals surface area (Å²) < 4.78 is 26.1. The van der Waals surface area contributed by atoms with Crippen molar-refractivity contribution >= 4 is 21.9 Å². The van der Waals surface area contributed by atoms with Crippen molar-refractivity contribution in [3.8, 4) is 0 Å². The third-order valence-electron chi connectivity index (χ3n) is 3.61. The van der Waals surface area contributed by atoms with Crippen LogP contribution in [0.15, 0.2) is 0 Å². The Kier molecular flexibility index (Phi) is 5.94. The highest BCUT2D eigenvalue weighted by Crippen LogP contribution is 2.33. The third-order valence-corrected chi connectivity index (χ3v) is 5.97. The number of primary amides is 1. The molecule has 0 radical (unpaired) electrons. The first kappa shape index (κ1) is 16.9. The number of nitrogens with two attached hydrogens (primary N) is 1. The van der Waals surface area contributed by atoms with E-state index in [4.69, 9.17) is 10.8 Å². The minimum atomic E-state index is -3.81. The summed E-state index contributed by atoms with van der Waals surface area (Å²) in [6.07, 6.45) is 2.63. The van der Waals surface area contributed by atoms with Gasteiger partial charge in [0.1, 0.15) is 0 Å². The van der Waals surface area contributed by atoms with Gasteiger partial charge in [0, 0.05) is 6.54 Å². The van der Waals surface area contributed by atoms with E-state index in [1.807, 2.05) is 6.92 Å². The van der Waals surface area contributed by atoms with Crippen LogP contribution >= 0.6 is 0 Å². The SMILES string of the molecule is CCCCN(CC(N)=O)S(=O)(=O)C1CCCC1C(=O)O. The fourth-order valence-electron chi connectivity index (χ4n) is 2.56. The van der Waals surface area contributed by atoms with Crippen LogP contribution in [0.5, 0.6) is 0 Å². The highest BCUT2D eigenvalue weighted by Gasteiger charge is 2.44. The molecular weight excluding hydrogens is 284 g/mol. The van der Waals surface area contributed by atoms with Crippen LogP contribution in [-0.4, -0.2) is 48.0 Å². The third kappa shape index (κ3) is 3.92. The van der Waals surface area contributed by atoms with Crippen molar-refractivity contribution in [2.45, 2.75) is 44.3 Å². The Bertz CT molecular complexity index is 462. The maximum Gasteiger partial charge on any atom is 0.307 e. The van der Waals surface area contributed by atoms with Crippen molar-refractivity contribution in [3.05, 3.63) is 0 Å². The van der Waals surface area contributed by atoms with E-state index < -0.39 is 33.1 Å². The Labute approximate surface area is 119 Å². The second-order valence-electron chi connectivity index (χ2n) is 5.11. The number of amides is 1. The summed E-state index contributed by atoms with van der Waals surface area (Å²) in [7, 11) is -3.81. The van der Waals surface area contributed by atoms with Gasteiger partial charge in [-0.05, 0) is 19.3 Å². The average molecular weight is 306 g/mol. The number of unbranched alkanes of at least 4 members (excludes halogenated alkanes) is 1. The molecule has 1 rings (SSSR count). The summed E-state index contributed by atoms with van der Waals surface area (Å²) in [6.45, 7) is 1.72. The van der Waals surface area contributed by atoms with E-state index in [1.165, 1.54) is 0 Å². The number of hydrogen-bond donors (Lipinski definition) is 2. The summed E-state index contributed by atoms with van der Waals surface area (Å²) in [5.41, 5.74) is 5.09. The van der Waals surface area contributed by atoms with Gasteiger partial charge in [0.2, 0.25) is 15.9 Å². The number of carbonyl (C=O) groups is 2. The molecule has 0 aromatic rings. The molecule has 3 N–H and O–H groups in total. The van der Waals surface area contributed by atoms with Crippen LogP contribution in [0.1, 0.15) is 39.0 Å². The molecule has 0 saturated heterocycles. The minimum absolute atomic E-state index is 0.199. The Balaban J connectivity index is 2.96. The molecule has 1 fully saturated rings. The summed E-state index contributed by atoms with van der Waals surface area (Å²) >= 11 is 0. The molecule has 1 aliphatic carbocycles. The Hall–Kier alpha value is -1.15. The Morgan fingerprint density at radius 3 is 2.50 bits per heavy atom. The normalized spacial score (nSPS) is 23.1. The van der Waals surface area contributed by atoms with Crippen molar-refractivity contribution in [2.24, 2.45) is 11.7 Å². The lowest BCUT2D eigenvalue weighted by Gasteiger charge is -2.26. The molecule has 0 aliphatic heterocycles. The van der Waals surface area contributed by atoms with Gasteiger partial charge in [-0.25, -0.2) is 8.42 Å².